The molecular formula is C8H18O3Si. The van der Waals surface area contributed by atoms with Gasteiger partial charge in [-0.3, -0.25) is 0 Å². The Kier molecular flexibility index (Phi) is 2.93. The van der Waals surface area contributed by atoms with Gasteiger partial charge in [0, 0.05) is 27.2 Å². The quantitative estimate of drug-likeness (QED) is 0.628. The van der Waals surface area contributed by atoms with Gasteiger partial charge < -0.3 is 13.6 Å². The van der Waals surface area contributed by atoms with Gasteiger partial charge in [0.05, 0.1) is 0 Å². The van der Waals surface area contributed by atoms with Crippen molar-refractivity contribution in [3.63, 3.8) is 0 Å². The molecule has 0 radical (unpaired) electrons. The van der Waals surface area contributed by atoms with Gasteiger partial charge in [0.1, 0.15) is 5.22 Å². The Labute approximate surface area is 75.3 Å². The molecule has 0 amide bonds. The fourth-order valence-corrected chi connectivity index (χ4v) is 4.24. The van der Waals surface area contributed by atoms with Crippen LogP contribution < -0.4 is 0 Å². The molecule has 1 aliphatic rings. The number of ether oxygens (including phenoxy) is 1. The molecule has 12 heavy (non-hydrogen) atoms. The van der Waals surface area contributed by atoms with Crippen LogP contribution in [0.15, 0.2) is 0 Å². The normalized spacial score (nSPS) is 30.0. The van der Waals surface area contributed by atoms with Gasteiger partial charge in [0.15, 0.2) is 0 Å². The minimum absolute atomic E-state index is 0.0868. The molecule has 4 heteroatoms. The predicted molar refractivity (Wildman–Crippen MR) is 49.2 cm³/mol. The van der Waals surface area contributed by atoms with Crippen molar-refractivity contribution in [2.45, 2.75) is 31.5 Å². The Hall–Kier alpha value is 0.0969. The maximum Gasteiger partial charge on any atom is 0.367 e. The second kappa shape index (κ2) is 3.45. The van der Waals surface area contributed by atoms with Crippen LogP contribution in [0.5, 0.6) is 0 Å². The van der Waals surface area contributed by atoms with Crippen molar-refractivity contribution >= 4 is 8.56 Å². The summed E-state index contributed by atoms with van der Waals surface area (Å²) in [5.74, 6) is 0. The van der Waals surface area contributed by atoms with Gasteiger partial charge in [-0.2, -0.15) is 0 Å². The summed E-state index contributed by atoms with van der Waals surface area (Å²) in [5.41, 5.74) is 0. The van der Waals surface area contributed by atoms with Crippen molar-refractivity contribution in [2.75, 3.05) is 20.8 Å². The highest BCUT2D eigenvalue weighted by Crippen LogP contribution is 2.39. The molecule has 1 heterocycles. The Bertz CT molecular complexity index is 136. The lowest BCUT2D eigenvalue weighted by atomic mass is 10.1. The Balaban J connectivity index is 2.74. The molecule has 0 bridgehead atoms. The Morgan fingerprint density at radius 3 is 2.00 bits per heavy atom. The van der Waals surface area contributed by atoms with Gasteiger partial charge in [-0.15, -0.1) is 0 Å². The van der Waals surface area contributed by atoms with Crippen molar-refractivity contribution in [1.29, 1.82) is 0 Å². The third kappa shape index (κ3) is 1.23. The maximum atomic E-state index is 5.63. The standard InChI is InChI=1S/C8H18O3Si/c1-5-8(6-7-11-8)12(4,9-2)10-3/h5-7H2,1-4H3. The first-order valence-corrected chi connectivity index (χ1v) is 6.70. The monoisotopic (exact) mass is 190 g/mol. The molecule has 72 valence electrons. The summed E-state index contributed by atoms with van der Waals surface area (Å²) in [6.45, 7) is 5.04. The van der Waals surface area contributed by atoms with E-state index >= 15 is 0 Å². The first-order chi connectivity index (χ1) is 5.64. The summed E-state index contributed by atoms with van der Waals surface area (Å²) < 4.78 is 16.6. The summed E-state index contributed by atoms with van der Waals surface area (Å²) in [6.07, 6.45) is 2.06. The first kappa shape index (κ1) is 10.2. The van der Waals surface area contributed by atoms with Gasteiger partial charge in [0.2, 0.25) is 0 Å². The van der Waals surface area contributed by atoms with Crippen LogP contribution >= 0.6 is 0 Å². The molecule has 3 nitrogen and oxygen atoms in total. The number of hydrogen-bond acceptors (Lipinski definition) is 3. The van der Waals surface area contributed by atoms with Crippen molar-refractivity contribution in [3.8, 4) is 0 Å². The highest BCUT2D eigenvalue weighted by atomic mass is 28.4. The zero-order valence-corrected chi connectivity index (χ0v) is 9.35. The molecule has 0 aromatic carbocycles. The fraction of sp³-hybridized carbons (Fsp3) is 1.00. The van der Waals surface area contributed by atoms with E-state index in [0.29, 0.717) is 0 Å². The second-order valence-electron chi connectivity index (χ2n) is 3.30. The number of hydrogen-bond donors (Lipinski definition) is 0. The lowest BCUT2D eigenvalue weighted by Crippen LogP contribution is -2.66. The lowest BCUT2D eigenvalue weighted by Gasteiger charge is -2.49. The van der Waals surface area contributed by atoms with Gasteiger partial charge in [-0.1, -0.05) is 6.92 Å². The van der Waals surface area contributed by atoms with Gasteiger partial charge >= 0.3 is 8.56 Å². The zero-order valence-electron chi connectivity index (χ0n) is 8.35. The van der Waals surface area contributed by atoms with Crippen LogP contribution in [0, 0.1) is 0 Å². The van der Waals surface area contributed by atoms with E-state index in [9.17, 15) is 0 Å². The second-order valence-corrected chi connectivity index (χ2v) is 6.92. The van der Waals surface area contributed by atoms with E-state index in [1.165, 1.54) is 0 Å². The van der Waals surface area contributed by atoms with Gasteiger partial charge in [0.25, 0.3) is 0 Å². The Morgan fingerprint density at radius 1 is 1.42 bits per heavy atom. The maximum absolute atomic E-state index is 5.63. The molecule has 0 spiro atoms. The van der Waals surface area contributed by atoms with Crippen molar-refractivity contribution in [1.82, 2.24) is 0 Å². The molecule has 1 unspecified atom stereocenters. The van der Waals surface area contributed by atoms with Crippen LogP contribution in [0.3, 0.4) is 0 Å². The van der Waals surface area contributed by atoms with Crippen LogP contribution in [0.25, 0.3) is 0 Å². The molecule has 0 aliphatic carbocycles. The van der Waals surface area contributed by atoms with Crippen molar-refractivity contribution in [3.05, 3.63) is 0 Å². The summed E-state index contributed by atoms with van der Waals surface area (Å²) in [6, 6.07) is 0. The van der Waals surface area contributed by atoms with Crippen LogP contribution in [-0.2, 0) is 13.6 Å². The summed E-state index contributed by atoms with van der Waals surface area (Å²) >= 11 is 0. The lowest BCUT2D eigenvalue weighted by molar-refractivity contribution is -0.120. The van der Waals surface area contributed by atoms with Gasteiger partial charge in [-0.05, 0) is 13.0 Å². The van der Waals surface area contributed by atoms with E-state index < -0.39 is 8.56 Å². The van der Waals surface area contributed by atoms with Gasteiger partial charge in [-0.25, -0.2) is 0 Å². The summed E-state index contributed by atoms with van der Waals surface area (Å²) in [7, 11) is 1.35. The molecule has 1 aliphatic heterocycles. The molecule has 1 fully saturated rings. The SMILES string of the molecule is CCC1([Si](C)(OC)OC)CCO1. The number of rotatable bonds is 4. The van der Waals surface area contributed by atoms with Crippen LogP contribution in [0.2, 0.25) is 6.55 Å². The highest BCUT2D eigenvalue weighted by Gasteiger charge is 2.57. The molecule has 0 N–H and O–H groups in total. The fourth-order valence-electron chi connectivity index (χ4n) is 1.76. The first-order valence-electron chi connectivity index (χ1n) is 4.38. The van der Waals surface area contributed by atoms with E-state index in [1.54, 1.807) is 14.2 Å². The van der Waals surface area contributed by atoms with E-state index in [1.807, 2.05) is 0 Å². The molecule has 0 aromatic rings. The smallest absolute Gasteiger partial charge is 0.367 e. The molecule has 1 saturated heterocycles. The van der Waals surface area contributed by atoms with E-state index in [0.717, 1.165) is 19.4 Å². The molecule has 1 rings (SSSR count). The zero-order chi connectivity index (χ0) is 9.24. The van der Waals surface area contributed by atoms with E-state index in [2.05, 4.69) is 13.5 Å². The topological polar surface area (TPSA) is 27.7 Å². The van der Waals surface area contributed by atoms with Crippen LogP contribution in [-0.4, -0.2) is 34.6 Å². The minimum atomic E-state index is -2.09. The molecule has 0 aromatic heterocycles. The molecule has 0 saturated carbocycles. The van der Waals surface area contributed by atoms with Crippen molar-refractivity contribution < 1.29 is 13.6 Å². The molecule has 1 atom stereocenters. The highest BCUT2D eigenvalue weighted by molar-refractivity contribution is 6.69. The van der Waals surface area contributed by atoms with Crippen LogP contribution in [0.1, 0.15) is 19.8 Å². The van der Waals surface area contributed by atoms with Crippen LogP contribution in [0.4, 0.5) is 0 Å². The minimum Gasteiger partial charge on any atom is -0.396 e. The third-order valence-corrected chi connectivity index (χ3v) is 7.02. The van der Waals surface area contributed by atoms with E-state index in [4.69, 9.17) is 13.6 Å². The predicted octanol–water partition coefficient (Wildman–Crippen LogP) is 1.46. The largest absolute Gasteiger partial charge is 0.396 e. The third-order valence-electron chi connectivity index (χ3n) is 3.06. The molecular weight excluding hydrogens is 172 g/mol. The summed E-state index contributed by atoms with van der Waals surface area (Å²) in [4.78, 5) is 0. The van der Waals surface area contributed by atoms with E-state index in [-0.39, 0.29) is 5.22 Å². The van der Waals surface area contributed by atoms with Crippen molar-refractivity contribution in [2.24, 2.45) is 0 Å². The average Bonchev–Trinajstić information content (AvgIpc) is 2.03. The summed E-state index contributed by atoms with van der Waals surface area (Å²) in [5, 5.41) is -0.0868. The Morgan fingerprint density at radius 2 is 1.92 bits per heavy atom. The average molecular weight is 190 g/mol.